The predicted molar refractivity (Wildman–Crippen MR) is 66.4 cm³/mol. The molecule has 1 aliphatic rings. The Balaban J connectivity index is 2.06. The Morgan fingerprint density at radius 2 is 1.53 bits per heavy atom. The Morgan fingerprint density at radius 1 is 0.933 bits per heavy atom. The molecule has 0 aromatic heterocycles. The van der Waals surface area contributed by atoms with Gasteiger partial charge in [-0.05, 0) is 36.5 Å². The molecular formula is C14H21N. The first kappa shape index (κ1) is 10.5. The zero-order valence-corrected chi connectivity index (χ0v) is 9.63. The number of nitrogens with one attached hydrogen (secondary N) is 1. The minimum atomic E-state index is 0.818. The maximum Gasteiger partial charge on any atom is 0.0337 e. The van der Waals surface area contributed by atoms with Crippen LogP contribution in [-0.2, 0) is 0 Å². The molecule has 2 rings (SSSR count). The number of hydrogen-bond donors (Lipinski definition) is 1. The first-order valence-corrected chi connectivity index (χ1v) is 6.18. The molecule has 1 heteroatoms. The van der Waals surface area contributed by atoms with Crippen LogP contribution in [0.1, 0.15) is 50.0 Å². The normalized spacial score (nSPS) is 18.5. The minimum absolute atomic E-state index is 0.818. The molecule has 0 spiro atoms. The maximum atomic E-state index is 3.17. The van der Waals surface area contributed by atoms with E-state index in [-0.39, 0.29) is 0 Å². The largest absolute Gasteiger partial charge is 0.388 e. The van der Waals surface area contributed by atoms with Crippen LogP contribution in [0.15, 0.2) is 24.3 Å². The molecule has 1 aliphatic carbocycles. The second-order valence-electron chi connectivity index (χ2n) is 4.56. The van der Waals surface area contributed by atoms with E-state index in [0.717, 1.165) is 5.92 Å². The number of hydrogen-bond acceptors (Lipinski definition) is 1. The Kier molecular flexibility index (Phi) is 3.65. The maximum absolute atomic E-state index is 3.17. The van der Waals surface area contributed by atoms with Crippen LogP contribution in [0, 0.1) is 0 Å². The van der Waals surface area contributed by atoms with Gasteiger partial charge < -0.3 is 5.32 Å². The lowest BCUT2D eigenvalue weighted by molar-refractivity contribution is 0.592. The molecule has 1 N–H and O–H groups in total. The van der Waals surface area contributed by atoms with Crippen LogP contribution in [0.3, 0.4) is 0 Å². The van der Waals surface area contributed by atoms with Gasteiger partial charge in [-0.15, -0.1) is 0 Å². The van der Waals surface area contributed by atoms with Gasteiger partial charge in [-0.3, -0.25) is 0 Å². The molecule has 0 bridgehead atoms. The minimum Gasteiger partial charge on any atom is -0.388 e. The topological polar surface area (TPSA) is 12.0 Å². The summed E-state index contributed by atoms with van der Waals surface area (Å²) in [6.07, 6.45) is 8.48. The molecule has 0 atom stereocenters. The zero-order valence-electron chi connectivity index (χ0n) is 9.63. The van der Waals surface area contributed by atoms with E-state index in [9.17, 15) is 0 Å². The van der Waals surface area contributed by atoms with Crippen LogP contribution < -0.4 is 5.32 Å². The highest BCUT2D eigenvalue weighted by Crippen LogP contribution is 2.31. The Labute approximate surface area is 92.9 Å². The van der Waals surface area contributed by atoms with Gasteiger partial charge in [0, 0.05) is 12.7 Å². The van der Waals surface area contributed by atoms with Crippen LogP contribution in [0.4, 0.5) is 5.69 Å². The summed E-state index contributed by atoms with van der Waals surface area (Å²) in [4.78, 5) is 0. The van der Waals surface area contributed by atoms with Gasteiger partial charge in [-0.1, -0.05) is 37.8 Å². The smallest absolute Gasteiger partial charge is 0.0337 e. The summed E-state index contributed by atoms with van der Waals surface area (Å²) in [7, 11) is 1.97. The molecule has 1 aromatic rings. The van der Waals surface area contributed by atoms with E-state index in [1.807, 2.05) is 7.05 Å². The van der Waals surface area contributed by atoms with E-state index in [1.165, 1.54) is 49.8 Å². The number of anilines is 1. The van der Waals surface area contributed by atoms with Gasteiger partial charge in [0.1, 0.15) is 0 Å². The lowest BCUT2D eigenvalue weighted by atomic mass is 9.92. The summed E-state index contributed by atoms with van der Waals surface area (Å²) in [5, 5.41) is 3.17. The van der Waals surface area contributed by atoms with Crippen LogP contribution in [0.2, 0.25) is 0 Å². The van der Waals surface area contributed by atoms with Crippen LogP contribution in [-0.4, -0.2) is 7.05 Å². The van der Waals surface area contributed by atoms with E-state index in [4.69, 9.17) is 0 Å². The highest BCUT2D eigenvalue weighted by Gasteiger charge is 2.13. The van der Waals surface area contributed by atoms with Crippen molar-refractivity contribution in [3.05, 3.63) is 29.8 Å². The third-order valence-electron chi connectivity index (χ3n) is 3.53. The predicted octanol–water partition coefficient (Wildman–Crippen LogP) is 4.17. The van der Waals surface area contributed by atoms with Crippen molar-refractivity contribution in [2.75, 3.05) is 12.4 Å². The monoisotopic (exact) mass is 203 g/mol. The molecule has 1 saturated carbocycles. The molecule has 1 fully saturated rings. The van der Waals surface area contributed by atoms with Crippen LogP contribution in [0.25, 0.3) is 0 Å². The average molecular weight is 203 g/mol. The van der Waals surface area contributed by atoms with Gasteiger partial charge in [0.2, 0.25) is 0 Å². The first-order valence-electron chi connectivity index (χ1n) is 6.18. The molecule has 0 unspecified atom stereocenters. The molecule has 0 heterocycles. The lowest BCUT2D eigenvalue weighted by Crippen LogP contribution is -1.97. The fourth-order valence-electron chi connectivity index (χ4n) is 2.53. The SMILES string of the molecule is CNc1ccc(C2CCCCCC2)cc1. The van der Waals surface area contributed by atoms with Crippen molar-refractivity contribution < 1.29 is 0 Å². The van der Waals surface area contributed by atoms with Crippen molar-refractivity contribution >= 4 is 5.69 Å². The standard InChI is InChI=1S/C14H21N/c1-15-14-10-8-13(9-11-14)12-6-4-2-3-5-7-12/h8-12,15H,2-7H2,1H3. The Hall–Kier alpha value is -0.980. The lowest BCUT2D eigenvalue weighted by Gasteiger charge is -2.14. The third kappa shape index (κ3) is 2.74. The van der Waals surface area contributed by atoms with Crippen molar-refractivity contribution in [1.29, 1.82) is 0 Å². The van der Waals surface area contributed by atoms with Crippen molar-refractivity contribution in [1.82, 2.24) is 0 Å². The van der Waals surface area contributed by atoms with Crippen molar-refractivity contribution in [2.24, 2.45) is 0 Å². The van der Waals surface area contributed by atoms with Gasteiger partial charge in [0.05, 0.1) is 0 Å². The summed E-state index contributed by atoms with van der Waals surface area (Å²) in [5.74, 6) is 0.818. The van der Waals surface area contributed by atoms with Gasteiger partial charge >= 0.3 is 0 Å². The quantitative estimate of drug-likeness (QED) is 0.711. The fraction of sp³-hybridized carbons (Fsp3) is 0.571. The molecule has 82 valence electrons. The molecule has 0 aliphatic heterocycles. The molecular weight excluding hydrogens is 182 g/mol. The van der Waals surface area contributed by atoms with Gasteiger partial charge in [-0.25, -0.2) is 0 Å². The van der Waals surface area contributed by atoms with Crippen molar-refractivity contribution in [3.63, 3.8) is 0 Å². The highest BCUT2D eigenvalue weighted by molar-refractivity contribution is 5.44. The molecule has 1 aromatic carbocycles. The van der Waals surface area contributed by atoms with E-state index in [0.29, 0.717) is 0 Å². The summed E-state index contributed by atoms with van der Waals surface area (Å²) in [5.41, 5.74) is 2.75. The van der Waals surface area contributed by atoms with Crippen LogP contribution in [0.5, 0.6) is 0 Å². The summed E-state index contributed by atoms with van der Waals surface area (Å²) in [6.45, 7) is 0. The van der Waals surface area contributed by atoms with Crippen LogP contribution >= 0.6 is 0 Å². The van der Waals surface area contributed by atoms with E-state index >= 15 is 0 Å². The van der Waals surface area contributed by atoms with E-state index in [1.54, 1.807) is 0 Å². The first-order chi connectivity index (χ1) is 7.40. The zero-order chi connectivity index (χ0) is 10.5. The number of rotatable bonds is 2. The van der Waals surface area contributed by atoms with Crippen molar-refractivity contribution in [2.45, 2.75) is 44.4 Å². The second kappa shape index (κ2) is 5.20. The molecule has 0 radical (unpaired) electrons. The average Bonchev–Trinajstić information content (AvgIpc) is 2.58. The summed E-state index contributed by atoms with van der Waals surface area (Å²) in [6, 6.07) is 8.98. The van der Waals surface area contributed by atoms with Gasteiger partial charge in [0.25, 0.3) is 0 Å². The van der Waals surface area contributed by atoms with Gasteiger partial charge in [0.15, 0.2) is 0 Å². The summed E-state index contributed by atoms with van der Waals surface area (Å²) >= 11 is 0. The molecule has 1 nitrogen and oxygen atoms in total. The van der Waals surface area contributed by atoms with E-state index in [2.05, 4.69) is 29.6 Å². The molecule has 0 amide bonds. The fourth-order valence-corrected chi connectivity index (χ4v) is 2.53. The third-order valence-corrected chi connectivity index (χ3v) is 3.53. The molecule has 15 heavy (non-hydrogen) atoms. The van der Waals surface area contributed by atoms with Gasteiger partial charge in [-0.2, -0.15) is 0 Å². The van der Waals surface area contributed by atoms with E-state index < -0.39 is 0 Å². The second-order valence-corrected chi connectivity index (χ2v) is 4.56. The highest BCUT2D eigenvalue weighted by atomic mass is 14.8. The Morgan fingerprint density at radius 3 is 2.07 bits per heavy atom. The summed E-state index contributed by atoms with van der Waals surface area (Å²) < 4.78 is 0. The molecule has 0 saturated heterocycles. The number of benzene rings is 1. The van der Waals surface area contributed by atoms with Crippen molar-refractivity contribution in [3.8, 4) is 0 Å². The Bertz CT molecular complexity index is 281.